The lowest BCUT2D eigenvalue weighted by molar-refractivity contribution is -0.111. The predicted molar refractivity (Wildman–Crippen MR) is 158 cm³/mol. The first-order valence-corrected chi connectivity index (χ1v) is 12.9. The van der Waals surface area contributed by atoms with Crippen molar-refractivity contribution in [2.75, 3.05) is 49.6 Å². The number of hydrogen-bond acceptors (Lipinski definition) is 8. The smallest absolute Gasteiger partial charge is 0.259 e. The molecule has 10 nitrogen and oxygen atoms in total. The van der Waals surface area contributed by atoms with Gasteiger partial charge in [0.15, 0.2) is 5.82 Å². The van der Waals surface area contributed by atoms with E-state index in [2.05, 4.69) is 26.8 Å². The lowest BCUT2D eigenvalue weighted by Gasteiger charge is -2.26. The molecule has 4 aromatic rings. The summed E-state index contributed by atoms with van der Waals surface area (Å²) in [5.41, 5.74) is 2.69. The number of pyridine rings is 1. The van der Waals surface area contributed by atoms with Crippen molar-refractivity contribution in [3.63, 3.8) is 0 Å². The number of nitrogens with zero attached hydrogens (tertiary/aromatic N) is 7. The third-order valence-corrected chi connectivity index (χ3v) is 6.19. The molecule has 0 atom stereocenters. The lowest BCUT2D eigenvalue weighted by atomic mass is 10.1. The second kappa shape index (κ2) is 12.1. The summed E-state index contributed by atoms with van der Waals surface area (Å²) in [5, 5.41) is 4.07. The van der Waals surface area contributed by atoms with Gasteiger partial charge in [-0.25, -0.2) is 9.97 Å². The molecular weight excluding hydrogens is 511 g/mol. The third-order valence-electron chi connectivity index (χ3n) is 6.19. The highest BCUT2D eigenvalue weighted by Crippen LogP contribution is 2.39. The molecule has 0 spiro atoms. The number of likely N-dealkylation sites (N-methyl/N-ethyl adjacent to an activating group) is 2. The summed E-state index contributed by atoms with van der Waals surface area (Å²) in [4.78, 5) is 29.6. The average molecular weight is 547 g/mol. The first-order valence-electron chi connectivity index (χ1n) is 12.9. The first-order chi connectivity index (χ1) is 19.1. The second-order valence-corrected chi connectivity index (χ2v) is 9.96. The molecule has 0 saturated carbocycles. The molecule has 3 aromatic heterocycles. The summed E-state index contributed by atoms with van der Waals surface area (Å²) in [5.74, 6) is -0.182. The fourth-order valence-electron chi connectivity index (χ4n) is 4.20. The van der Waals surface area contributed by atoms with Crippen molar-refractivity contribution in [1.82, 2.24) is 24.4 Å². The Morgan fingerprint density at radius 2 is 1.93 bits per heavy atom. The number of halogens is 1. The van der Waals surface area contributed by atoms with E-state index in [1.54, 1.807) is 6.07 Å². The number of hydrogen-bond donors (Lipinski definition) is 1. The zero-order valence-electron chi connectivity index (χ0n) is 23.7. The van der Waals surface area contributed by atoms with Crippen LogP contribution in [0.2, 0.25) is 0 Å². The van der Waals surface area contributed by atoms with Gasteiger partial charge in [-0.1, -0.05) is 29.3 Å². The van der Waals surface area contributed by atoms with Crippen molar-refractivity contribution >= 4 is 40.0 Å². The minimum Gasteiger partial charge on any atom is -0.473 e. The highest BCUT2D eigenvalue weighted by atomic mass is 19.2. The van der Waals surface area contributed by atoms with Gasteiger partial charge in [-0.2, -0.15) is 4.98 Å². The Labute approximate surface area is 233 Å². The third kappa shape index (κ3) is 6.20. The molecule has 1 amide bonds. The number of aromatic nitrogens is 4. The molecule has 4 rings (SSSR count). The lowest BCUT2D eigenvalue weighted by Crippen LogP contribution is -2.30. The van der Waals surface area contributed by atoms with Crippen LogP contribution in [0.5, 0.6) is 5.88 Å². The quantitative estimate of drug-likeness (QED) is 0.209. The fourth-order valence-corrected chi connectivity index (χ4v) is 4.20. The molecule has 0 aliphatic carbocycles. The van der Waals surface area contributed by atoms with Crippen LogP contribution in [-0.4, -0.2) is 70.7 Å². The zero-order chi connectivity index (χ0) is 29.0. The van der Waals surface area contributed by atoms with E-state index in [4.69, 9.17) is 4.74 Å². The summed E-state index contributed by atoms with van der Waals surface area (Å²) in [6.07, 6.45) is 4.31. The standard InChI is InChI=1S/C29H35FN8O2/c1-8-26(39)32-23-17-25(28(40-19(2)3)34-27(23)36(6)16-15-35(4)5)38(30)29-31-14-13-22(33-29)21-18-37(7)24-12-10-9-11-20(21)24/h8-14,17-19H,1,15-16H2,2-7H3,(H,32,39). The molecule has 1 aromatic carbocycles. The number of benzene rings is 1. The largest absolute Gasteiger partial charge is 0.473 e. The van der Waals surface area contributed by atoms with Gasteiger partial charge in [0, 0.05) is 56.0 Å². The second-order valence-electron chi connectivity index (χ2n) is 9.96. The van der Waals surface area contributed by atoms with Crippen molar-refractivity contribution in [2.24, 2.45) is 7.05 Å². The van der Waals surface area contributed by atoms with Crippen LogP contribution in [0.3, 0.4) is 0 Å². The first kappa shape index (κ1) is 28.5. The van der Waals surface area contributed by atoms with E-state index in [0.29, 0.717) is 28.9 Å². The van der Waals surface area contributed by atoms with E-state index in [1.165, 1.54) is 12.3 Å². The molecule has 0 bridgehead atoms. The average Bonchev–Trinajstić information content (AvgIpc) is 3.28. The van der Waals surface area contributed by atoms with E-state index in [9.17, 15) is 4.79 Å². The molecule has 0 unspecified atom stereocenters. The molecule has 0 saturated heterocycles. The predicted octanol–water partition coefficient (Wildman–Crippen LogP) is 4.96. The number of nitrogens with one attached hydrogen (secondary N) is 1. The molecule has 11 heteroatoms. The maximum absolute atomic E-state index is 16.2. The maximum Gasteiger partial charge on any atom is 0.259 e. The van der Waals surface area contributed by atoms with Crippen LogP contribution in [0.4, 0.5) is 27.6 Å². The van der Waals surface area contributed by atoms with Crippen LogP contribution in [0.15, 0.2) is 61.4 Å². The van der Waals surface area contributed by atoms with Gasteiger partial charge in [-0.15, -0.1) is 5.12 Å². The van der Waals surface area contributed by atoms with Gasteiger partial charge < -0.3 is 24.4 Å². The number of para-hydroxylation sites is 1. The Morgan fingerprint density at radius 3 is 2.62 bits per heavy atom. The Bertz CT molecular complexity index is 1520. The Morgan fingerprint density at radius 1 is 1.18 bits per heavy atom. The highest BCUT2D eigenvalue weighted by molar-refractivity contribution is 6.01. The number of amides is 1. The minimum atomic E-state index is -0.452. The molecule has 40 heavy (non-hydrogen) atoms. The van der Waals surface area contributed by atoms with Crippen LogP contribution in [0.1, 0.15) is 13.8 Å². The number of rotatable bonds is 11. The van der Waals surface area contributed by atoms with E-state index in [0.717, 1.165) is 29.1 Å². The van der Waals surface area contributed by atoms with Crippen molar-refractivity contribution in [3.8, 4) is 17.1 Å². The van der Waals surface area contributed by atoms with Crippen molar-refractivity contribution in [1.29, 1.82) is 0 Å². The molecule has 3 heterocycles. The van der Waals surface area contributed by atoms with Crippen LogP contribution >= 0.6 is 0 Å². The Hall–Kier alpha value is -4.51. The van der Waals surface area contributed by atoms with Crippen LogP contribution in [0, 0.1) is 0 Å². The van der Waals surface area contributed by atoms with E-state index < -0.39 is 5.91 Å². The van der Waals surface area contributed by atoms with E-state index in [-0.39, 0.29) is 23.6 Å². The molecule has 1 N–H and O–H groups in total. The highest BCUT2D eigenvalue weighted by Gasteiger charge is 2.25. The van der Waals surface area contributed by atoms with Gasteiger partial charge in [0.1, 0.15) is 5.69 Å². The number of ether oxygens (including phenoxy) is 1. The fraction of sp³-hybridized carbons (Fsp3) is 0.310. The van der Waals surface area contributed by atoms with E-state index in [1.807, 2.05) is 86.9 Å². The van der Waals surface area contributed by atoms with Gasteiger partial charge in [0.05, 0.1) is 17.5 Å². The topological polar surface area (TPSA) is 91.6 Å². The number of fused-ring (bicyclic) bond motifs is 1. The summed E-state index contributed by atoms with van der Waals surface area (Å²) in [7, 11) is 7.72. The minimum absolute atomic E-state index is 0.0416. The van der Waals surface area contributed by atoms with Crippen molar-refractivity contribution < 1.29 is 14.0 Å². The molecular formula is C29H35FN8O2. The number of aryl methyl sites for hydroxylation is 1. The Balaban J connectivity index is 1.80. The van der Waals surface area contributed by atoms with Gasteiger partial charge in [0.2, 0.25) is 11.8 Å². The van der Waals surface area contributed by atoms with Gasteiger partial charge >= 0.3 is 0 Å². The van der Waals surface area contributed by atoms with Gasteiger partial charge in [-0.3, -0.25) is 4.79 Å². The monoisotopic (exact) mass is 546 g/mol. The van der Waals surface area contributed by atoms with Crippen molar-refractivity contribution in [3.05, 3.63) is 61.4 Å². The molecule has 0 fully saturated rings. The van der Waals surface area contributed by atoms with Crippen molar-refractivity contribution in [2.45, 2.75) is 20.0 Å². The number of carbonyl (C=O) groups is 1. The van der Waals surface area contributed by atoms with Crippen LogP contribution in [0.25, 0.3) is 22.2 Å². The van der Waals surface area contributed by atoms with Crippen LogP contribution in [-0.2, 0) is 11.8 Å². The normalized spacial score (nSPS) is 11.2. The summed E-state index contributed by atoms with van der Waals surface area (Å²) < 4.78 is 24.2. The van der Waals surface area contributed by atoms with Gasteiger partial charge in [0.25, 0.3) is 5.95 Å². The van der Waals surface area contributed by atoms with Crippen LogP contribution < -0.4 is 20.1 Å². The summed E-state index contributed by atoms with van der Waals surface area (Å²) in [6.45, 7) is 8.53. The molecule has 0 aliphatic rings. The zero-order valence-corrected chi connectivity index (χ0v) is 23.7. The maximum atomic E-state index is 16.2. The summed E-state index contributed by atoms with van der Waals surface area (Å²) >= 11 is 0. The van der Waals surface area contributed by atoms with E-state index >= 15 is 4.48 Å². The molecule has 0 aliphatic heterocycles. The Kier molecular flexibility index (Phi) is 8.64. The molecule has 0 radical (unpaired) electrons. The summed E-state index contributed by atoms with van der Waals surface area (Å²) in [6, 6.07) is 11.1. The number of carbonyl (C=O) groups excluding carboxylic acids is 1. The SMILES string of the molecule is C=CC(=O)Nc1cc(N(F)c2nccc(-c3cn(C)c4ccccc34)n2)c(OC(C)C)nc1N(C)CCN(C)C. The molecule has 210 valence electrons. The van der Waals surface area contributed by atoms with Gasteiger partial charge in [-0.05, 0) is 52.2 Å². The number of anilines is 4.